The Bertz CT molecular complexity index is 232. The summed E-state index contributed by atoms with van der Waals surface area (Å²) in [5.74, 6) is 2.08. The van der Waals surface area contributed by atoms with E-state index >= 15 is 0 Å². The van der Waals surface area contributed by atoms with Crippen LogP contribution in [-0.4, -0.2) is 60.1 Å². The molecule has 0 saturated carbocycles. The first-order chi connectivity index (χ1) is 8.22. The van der Waals surface area contributed by atoms with Gasteiger partial charge in [-0.3, -0.25) is 9.80 Å². The minimum Gasteiger partial charge on any atom is -0.298 e. The van der Waals surface area contributed by atoms with Crippen molar-refractivity contribution in [3.63, 3.8) is 0 Å². The number of fused-ring (bicyclic) bond motifs is 1. The van der Waals surface area contributed by atoms with Crippen LogP contribution in [0.15, 0.2) is 0 Å². The smallest absolute Gasteiger partial charge is 0.0247 e. The Morgan fingerprint density at radius 3 is 2.76 bits per heavy atom. The predicted octanol–water partition coefficient (Wildman–Crippen LogP) is 2.54. The molecule has 3 heteroatoms. The summed E-state index contributed by atoms with van der Waals surface area (Å²) in [6.45, 7) is 10.1. The molecule has 2 heterocycles. The van der Waals surface area contributed by atoms with Crippen LogP contribution in [0.25, 0.3) is 0 Å². The average Bonchev–Trinajstić information content (AvgIpc) is 2.35. The summed E-state index contributed by atoms with van der Waals surface area (Å²) < 4.78 is 0. The summed E-state index contributed by atoms with van der Waals surface area (Å²) in [4.78, 5) is 5.54. The van der Waals surface area contributed by atoms with Crippen molar-refractivity contribution in [2.45, 2.75) is 45.2 Å². The lowest BCUT2D eigenvalue weighted by atomic mass is 9.92. The molecule has 0 aliphatic carbocycles. The van der Waals surface area contributed by atoms with Crippen LogP contribution >= 0.6 is 11.8 Å². The highest BCUT2D eigenvalue weighted by atomic mass is 32.2. The second kappa shape index (κ2) is 6.44. The molecule has 2 saturated heterocycles. The normalized spacial score (nSPS) is 31.8. The molecule has 2 aliphatic rings. The Morgan fingerprint density at radius 1 is 1.24 bits per heavy atom. The second-order valence-electron chi connectivity index (χ2n) is 5.94. The molecule has 17 heavy (non-hydrogen) atoms. The van der Waals surface area contributed by atoms with Gasteiger partial charge in [0.15, 0.2) is 0 Å². The third kappa shape index (κ3) is 3.39. The molecule has 2 rings (SSSR count). The van der Waals surface area contributed by atoms with Gasteiger partial charge in [-0.15, -0.1) is 0 Å². The molecule has 0 N–H and O–H groups in total. The van der Waals surface area contributed by atoms with Gasteiger partial charge in [0.05, 0.1) is 0 Å². The van der Waals surface area contributed by atoms with E-state index in [2.05, 4.69) is 29.9 Å². The highest BCUT2D eigenvalue weighted by molar-refractivity contribution is 7.98. The molecule has 0 amide bonds. The maximum Gasteiger partial charge on any atom is 0.0247 e. The number of nitrogens with zero attached hydrogens (tertiary/aromatic N) is 2. The van der Waals surface area contributed by atoms with Gasteiger partial charge in [-0.25, -0.2) is 0 Å². The zero-order valence-corrected chi connectivity index (χ0v) is 12.5. The highest BCUT2D eigenvalue weighted by Crippen LogP contribution is 2.26. The standard InChI is InChI=1S/C14H28N2S/c1-12(2)14-11-15-7-5-4-6-13(15)10-16(14)8-9-17-3/h12-14H,4-11H2,1-3H3. The van der Waals surface area contributed by atoms with E-state index in [-0.39, 0.29) is 0 Å². The first-order valence-corrected chi connectivity index (χ1v) is 8.58. The fourth-order valence-corrected chi connectivity index (χ4v) is 3.78. The predicted molar refractivity (Wildman–Crippen MR) is 77.8 cm³/mol. The molecular formula is C14H28N2S. The van der Waals surface area contributed by atoms with Crippen LogP contribution in [0.1, 0.15) is 33.1 Å². The van der Waals surface area contributed by atoms with Gasteiger partial charge in [0.1, 0.15) is 0 Å². The molecular weight excluding hydrogens is 228 g/mol. The van der Waals surface area contributed by atoms with Crippen LogP contribution in [0.4, 0.5) is 0 Å². The van der Waals surface area contributed by atoms with Gasteiger partial charge in [-0.05, 0) is 31.6 Å². The van der Waals surface area contributed by atoms with E-state index in [1.807, 2.05) is 11.8 Å². The van der Waals surface area contributed by atoms with Crippen molar-refractivity contribution >= 4 is 11.8 Å². The monoisotopic (exact) mass is 256 g/mol. The lowest BCUT2D eigenvalue weighted by Crippen LogP contribution is -2.61. The molecule has 2 aliphatic heterocycles. The van der Waals surface area contributed by atoms with Crippen LogP contribution in [0.5, 0.6) is 0 Å². The van der Waals surface area contributed by atoms with Gasteiger partial charge in [-0.1, -0.05) is 20.3 Å². The summed E-state index contributed by atoms with van der Waals surface area (Å²) in [7, 11) is 0. The molecule has 0 aromatic rings. The summed E-state index contributed by atoms with van der Waals surface area (Å²) >= 11 is 1.98. The molecule has 2 unspecified atom stereocenters. The number of rotatable bonds is 4. The van der Waals surface area contributed by atoms with Crippen LogP contribution < -0.4 is 0 Å². The summed E-state index contributed by atoms with van der Waals surface area (Å²) in [5, 5.41) is 0. The van der Waals surface area contributed by atoms with Gasteiger partial charge in [0, 0.05) is 37.5 Å². The number of hydrogen-bond donors (Lipinski definition) is 0. The number of thioether (sulfide) groups is 1. The van der Waals surface area contributed by atoms with E-state index in [1.165, 1.54) is 51.2 Å². The van der Waals surface area contributed by atoms with E-state index in [4.69, 9.17) is 0 Å². The SMILES string of the molecule is CSCCN1CC2CCCCN2CC1C(C)C. The molecule has 0 spiro atoms. The molecule has 2 fully saturated rings. The molecule has 100 valence electrons. The molecule has 0 bridgehead atoms. The van der Waals surface area contributed by atoms with Gasteiger partial charge >= 0.3 is 0 Å². The fourth-order valence-electron chi connectivity index (χ4n) is 3.37. The minimum absolute atomic E-state index is 0.788. The van der Waals surface area contributed by atoms with Gasteiger partial charge in [-0.2, -0.15) is 11.8 Å². The number of piperazine rings is 1. The van der Waals surface area contributed by atoms with E-state index in [0.717, 1.165) is 18.0 Å². The Kier molecular flexibility index (Phi) is 5.19. The minimum atomic E-state index is 0.788. The lowest BCUT2D eigenvalue weighted by Gasteiger charge is -2.49. The van der Waals surface area contributed by atoms with E-state index in [0.29, 0.717) is 0 Å². The third-order valence-corrected chi connectivity index (χ3v) is 5.03. The van der Waals surface area contributed by atoms with Crippen LogP contribution in [0, 0.1) is 5.92 Å². The largest absolute Gasteiger partial charge is 0.298 e. The van der Waals surface area contributed by atoms with Crippen molar-refractivity contribution in [3.8, 4) is 0 Å². The number of hydrogen-bond acceptors (Lipinski definition) is 3. The van der Waals surface area contributed by atoms with Crippen molar-refractivity contribution < 1.29 is 0 Å². The third-order valence-electron chi connectivity index (χ3n) is 4.44. The first-order valence-electron chi connectivity index (χ1n) is 7.19. The molecule has 2 atom stereocenters. The van der Waals surface area contributed by atoms with E-state index in [9.17, 15) is 0 Å². The maximum absolute atomic E-state index is 2.77. The maximum atomic E-state index is 2.77. The quantitative estimate of drug-likeness (QED) is 0.763. The van der Waals surface area contributed by atoms with Crippen molar-refractivity contribution in [3.05, 3.63) is 0 Å². The zero-order valence-electron chi connectivity index (χ0n) is 11.7. The average molecular weight is 256 g/mol. The lowest BCUT2D eigenvalue weighted by molar-refractivity contribution is -0.00396. The van der Waals surface area contributed by atoms with Crippen molar-refractivity contribution in [2.24, 2.45) is 5.92 Å². The Balaban J connectivity index is 1.97. The highest BCUT2D eigenvalue weighted by Gasteiger charge is 2.35. The topological polar surface area (TPSA) is 6.48 Å². The van der Waals surface area contributed by atoms with Crippen LogP contribution in [0.3, 0.4) is 0 Å². The second-order valence-corrected chi connectivity index (χ2v) is 6.93. The summed E-state index contributed by atoms with van der Waals surface area (Å²) in [6, 6.07) is 1.65. The van der Waals surface area contributed by atoms with Gasteiger partial charge in [0.2, 0.25) is 0 Å². The zero-order chi connectivity index (χ0) is 12.3. The van der Waals surface area contributed by atoms with Crippen LogP contribution in [-0.2, 0) is 0 Å². The van der Waals surface area contributed by atoms with Crippen molar-refractivity contribution in [1.82, 2.24) is 9.80 Å². The molecule has 0 aromatic heterocycles. The van der Waals surface area contributed by atoms with Crippen LogP contribution in [0.2, 0.25) is 0 Å². The summed E-state index contributed by atoms with van der Waals surface area (Å²) in [6.07, 6.45) is 6.53. The molecule has 0 aromatic carbocycles. The van der Waals surface area contributed by atoms with E-state index in [1.54, 1.807) is 0 Å². The first kappa shape index (κ1) is 13.7. The Hall–Kier alpha value is 0.270. The fraction of sp³-hybridized carbons (Fsp3) is 1.00. The van der Waals surface area contributed by atoms with Gasteiger partial charge < -0.3 is 0 Å². The Labute approximate surface area is 111 Å². The van der Waals surface area contributed by atoms with Crippen molar-refractivity contribution in [2.75, 3.05) is 38.2 Å². The van der Waals surface area contributed by atoms with Crippen molar-refractivity contribution in [1.29, 1.82) is 0 Å². The van der Waals surface area contributed by atoms with E-state index < -0.39 is 0 Å². The number of piperidine rings is 1. The van der Waals surface area contributed by atoms with Gasteiger partial charge in [0.25, 0.3) is 0 Å². The Morgan fingerprint density at radius 2 is 2.06 bits per heavy atom. The summed E-state index contributed by atoms with van der Waals surface area (Å²) in [5.41, 5.74) is 0. The molecule has 2 nitrogen and oxygen atoms in total. The molecule has 0 radical (unpaired) electrons.